The second kappa shape index (κ2) is 6.09. The van der Waals surface area contributed by atoms with E-state index < -0.39 is 17.4 Å². The molecule has 8 heteroatoms. The molecule has 4 heterocycles. The number of nitrogens with zero attached hydrogens (tertiary/aromatic N) is 3. The zero-order valence-electron chi connectivity index (χ0n) is 15.3. The minimum absolute atomic E-state index is 0.134. The van der Waals surface area contributed by atoms with Gasteiger partial charge in [0.2, 0.25) is 0 Å². The largest absolute Gasteiger partial charge is 0.463 e. The first-order chi connectivity index (χ1) is 12.7. The third kappa shape index (κ3) is 3.22. The van der Waals surface area contributed by atoms with Gasteiger partial charge in [-0.05, 0) is 50.8 Å². The molecule has 0 radical (unpaired) electrons. The van der Waals surface area contributed by atoms with Crippen LogP contribution in [0.15, 0.2) is 34.9 Å². The summed E-state index contributed by atoms with van der Waals surface area (Å²) in [6.07, 6.45) is -1.33. The fraction of sp³-hybridized carbons (Fsp3) is 0.474. The summed E-state index contributed by atoms with van der Waals surface area (Å²) < 4.78 is 47.1. The maximum absolute atomic E-state index is 13.7. The molecule has 0 saturated carbocycles. The molecule has 1 fully saturated rings. The molecule has 3 atom stereocenters. The predicted octanol–water partition coefficient (Wildman–Crippen LogP) is 4.63. The van der Waals surface area contributed by atoms with Gasteiger partial charge in [-0.25, -0.2) is 9.50 Å². The number of aromatic nitrogens is 3. The summed E-state index contributed by atoms with van der Waals surface area (Å²) in [6.45, 7) is 6.22. The third-order valence-electron chi connectivity index (χ3n) is 5.13. The first-order valence-corrected chi connectivity index (χ1v) is 8.96. The Morgan fingerprint density at radius 1 is 1.30 bits per heavy atom. The molecule has 1 N–H and O–H groups in total. The van der Waals surface area contributed by atoms with Gasteiger partial charge >= 0.3 is 6.18 Å². The molecule has 0 amide bonds. The van der Waals surface area contributed by atoms with Crippen LogP contribution in [0.5, 0.6) is 0 Å². The number of fused-ring (bicyclic) bond motifs is 1. The fourth-order valence-electron chi connectivity index (χ4n) is 4.22. The predicted molar refractivity (Wildman–Crippen MR) is 94.0 cm³/mol. The first kappa shape index (κ1) is 18.0. The highest BCUT2D eigenvalue weighted by molar-refractivity contribution is 5.58. The Balaban J connectivity index is 1.88. The van der Waals surface area contributed by atoms with Crippen molar-refractivity contribution >= 4 is 5.65 Å². The van der Waals surface area contributed by atoms with E-state index in [0.29, 0.717) is 11.6 Å². The van der Waals surface area contributed by atoms with E-state index in [-0.39, 0.29) is 23.1 Å². The van der Waals surface area contributed by atoms with Crippen LogP contribution >= 0.6 is 0 Å². The number of hydrogen-bond donors (Lipinski definition) is 1. The minimum Gasteiger partial charge on any atom is -0.463 e. The lowest BCUT2D eigenvalue weighted by molar-refractivity contribution is -0.142. The molecule has 4 rings (SSSR count). The lowest BCUT2D eigenvalue weighted by Crippen LogP contribution is -2.50. The minimum atomic E-state index is -4.56. The van der Waals surface area contributed by atoms with Crippen molar-refractivity contribution in [3.63, 3.8) is 0 Å². The Hall–Kier alpha value is -2.35. The molecular weight excluding hydrogens is 357 g/mol. The number of piperidine rings is 1. The summed E-state index contributed by atoms with van der Waals surface area (Å²) in [6, 6.07) is 6.08. The molecule has 0 aliphatic carbocycles. The summed E-state index contributed by atoms with van der Waals surface area (Å²) in [7, 11) is 0. The van der Waals surface area contributed by atoms with Crippen molar-refractivity contribution in [2.24, 2.45) is 5.92 Å². The van der Waals surface area contributed by atoms with Crippen molar-refractivity contribution in [1.82, 2.24) is 19.9 Å². The van der Waals surface area contributed by atoms with Crippen molar-refractivity contribution in [1.29, 1.82) is 0 Å². The van der Waals surface area contributed by atoms with Gasteiger partial charge in [0.25, 0.3) is 0 Å². The van der Waals surface area contributed by atoms with Gasteiger partial charge in [0.05, 0.1) is 17.5 Å². The van der Waals surface area contributed by atoms with E-state index >= 15 is 0 Å². The Kier molecular flexibility index (Phi) is 4.06. The van der Waals surface area contributed by atoms with Crippen LogP contribution in [0.1, 0.15) is 45.0 Å². The van der Waals surface area contributed by atoms with Gasteiger partial charge in [0.1, 0.15) is 5.69 Å². The molecule has 1 saturated heterocycles. The molecule has 3 unspecified atom stereocenters. The van der Waals surface area contributed by atoms with Crippen molar-refractivity contribution in [3.05, 3.63) is 41.9 Å². The maximum Gasteiger partial charge on any atom is 0.433 e. The number of alkyl halides is 3. The van der Waals surface area contributed by atoms with E-state index in [1.54, 1.807) is 18.2 Å². The summed E-state index contributed by atoms with van der Waals surface area (Å²) in [5.74, 6) is 0.736. The van der Waals surface area contributed by atoms with Gasteiger partial charge in [-0.3, -0.25) is 0 Å². The number of hydrogen-bond acceptors (Lipinski definition) is 4. The smallest absolute Gasteiger partial charge is 0.433 e. The molecule has 1 aliphatic rings. The Morgan fingerprint density at radius 2 is 2.07 bits per heavy atom. The number of furan rings is 1. The molecule has 0 spiro atoms. The maximum atomic E-state index is 13.7. The fourth-order valence-corrected chi connectivity index (χ4v) is 4.22. The molecule has 3 aromatic heterocycles. The van der Waals surface area contributed by atoms with E-state index in [0.717, 1.165) is 23.4 Å². The standard InChI is InChI=1S/C19H21F3N4O/c1-11-7-12(2)24-18(3,10-11)15-9-17-23-13(14-5-4-6-27-14)8-16(19(20,21)22)26(17)25-15/h4-6,8-9,11-12,24H,7,10H2,1-3H3. The molecule has 1 aliphatic heterocycles. The highest BCUT2D eigenvalue weighted by atomic mass is 19.4. The number of rotatable bonds is 2. The molecular formula is C19H21F3N4O. The lowest BCUT2D eigenvalue weighted by Gasteiger charge is -2.40. The molecule has 27 heavy (non-hydrogen) atoms. The summed E-state index contributed by atoms with van der Waals surface area (Å²) in [5.41, 5.74) is -0.519. The van der Waals surface area contributed by atoms with Crippen molar-refractivity contribution in [2.75, 3.05) is 0 Å². The number of nitrogens with one attached hydrogen (secondary N) is 1. The van der Waals surface area contributed by atoms with E-state index in [1.165, 1.54) is 6.26 Å². The SMILES string of the molecule is CC1CC(C)NC(C)(c2cc3nc(-c4ccco4)cc(C(F)(F)F)n3n2)C1. The molecule has 0 aromatic carbocycles. The van der Waals surface area contributed by atoms with E-state index in [4.69, 9.17) is 4.42 Å². The highest BCUT2D eigenvalue weighted by Gasteiger charge is 2.39. The Morgan fingerprint density at radius 3 is 2.70 bits per heavy atom. The molecule has 3 aromatic rings. The van der Waals surface area contributed by atoms with Crippen LogP contribution < -0.4 is 5.32 Å². The zero-order valence-corrected chi connectivity index (χ0v) is 15.3. The Bertz CT molecular complexity index is 951. The van der Waals surface area contributed by atoms with Crippen LogP contribution in [0.3, 0.4) is 0 Å². The number of halogens is 3. The topological polar surface area (TPSA) is 55.4 Å². The summed E-state index contributed by atoms with van der Waals surface area (Å²) in [5, 5.41) is 7.80. The summed E-state index contributed by atoms with van der Waals surface area (Å²) >= 11 is 0. The first-order valence-electron chi connectivity index (χ1n) is 8.96. The summed E-state index contributed by atoms with van der Waals surface area (Å²) in [4.78, 5) is 4.36. The normalized spacial score (nSPS) is 26.6. The van der Waals surface area contributed by atoms with Gasteiger partial charge in [-0.1, -0.05) is 6.92 Å². The van der Waals surface area contributed by atoms with Gasteiger partial charge in [0, 0.05) is 12.1 Å². The molecule has 5 nitrogen and oxygen atoms in total. The van der Waals surface area contributed by atoms with Crippen LogP contribution in [0, 0.1) is 5.92 Å². The van der Waals surface area contributed by atoms with Crippen LogP contribution in [-0.4, -0.2) is 20.6 Å². The van der Waals surface area contributed by atoms with Gasteiger partial charge in [-0.2, -0.15) is 18.3 Å². The average Bonchev–Trinajstić information content (AvgIpc) is 3.21. The average molecular weight is 378 g/mol. The van der Waals surface area contributed by atoms with Crippen LogP contribution in [0.2, 0.25) is 0 Å². The van der Waals surface area contributed by atoms with Crippen LogP contribution in [0.4, 0.5) is 13.2 Å². The zero-order chi connectivity index (χ0) is 19.4. The van der Waals surface area contributed by atoms with Crippen molar-refractivity contribution in [3.8, 4) is 11.5 Å². The van der Waals surface area contributed by atoms with Crippen LogP contribution in [0.25, 0.3) is 17.1 Å². The van der Waals surface area contributed by atoms with E-state index in [2.05, 4.69) is 29.2 Å². The highest BCUT2D eigenvalue weighted by Crippen LogP contribution is 2.37. The van der Waals surface area contributed by atoms with Gasteiger partial charge < -0.3 is 9.73 Å². The molecule has 0 bridgehead atoms. The van der Waals surface area contributed by atoms with Gasteiger partial charge in [-0.15, -0.1) is 0 Å². The second-order valence-corrected chi connectivity index (χ2v) is 7.72. The second-order valence-electron chi connectivity index (χ2n) is 7.72. The molecule has 144 valence electrons. The van der Waals surface area contributed by atoms with E-state index in [9.17, 15) is 13.2 Å². The van der Waals surface area contributed by atoms with Crippen molar-refractivity contribution in [2.45, 2.75) is 51.4 Å². The Labute approximate surface area is 154 Å². The quantitative estimate of drug-likeness (QED) is 0.706. The third-order valence-corrected chi connectivity index (χ3v) is 5.13. The van der Waals surface area contributed by atoms with Gasteiger partial charge in [0.15, 0.2) is 17.1 Å². The monoisotopic (exact) mass is 378 g/mol. The van der Waals surface area contributed by atoms with Crippen LogP contribution in [-0.2, 0) is 11.7 Å². The van der Waals surface area contributed by atoms with E-state index in [1.807, 2.05) is 6.92 Å². The lowest BCUT2D eigenvalue weighted by atomic mass is 9.79. The van der Waals surface area contributed by atoms with Crippen molar-refractivity contribution < 1.29 is 17.6 Å².